The molecule has 1 aromatic carbocycles. The molecule has 1 aliphatic carbocycles. The predicted molar refractivity (Wildman–Crippen MR) is 87.0 cm³/mol. The Bertz CT molecular complexity index is 538. The number of nitrogens with zero attached hydrogens (tertiary/aromatic N) is 1. The SMILES string of the molecule is Cc1c(F)cccc1C(=O)N(C1CCCCC1)[C@@H](C)CC=N. The minimum absolute atomic E-state index is 0.0317. The van der Waals surface area contributed by atoms with Gasteiger partial charge in [0.05, 0.1) is 0 Å². The van der Waals surface area contributed by atoms with Crippen molar-refractivity contribution in [3.05, 3.63) is 35.1 Å². The molecule has 1 saturated carbocycles. The summed E-state index contributed by atoms with van der Waals surface area (Å²) in [6.07, 6.45) is 7.38. The molecule has 4 heteroatoms. The molecule has 0 bridgehead atoms. The fraction of sp³-hybridized carbons (Fsp3) is 0.556. The highest BCUT2D eigenvalue weighted by molar-refractivity contribution is 5.96. The van der Waals surface area contributed by atoms with E-state index in [0.717, 1.165) is 25.7 Å². The molecular formula is C18H25FN2O. The van der Waals surface area contributed by atoms with E-state index >= 15 is 0 Å². The van der Waals surface area contributed by atoms with Crippen LogP contribution in [-0.4, -0.2) is 29.1 Å². The van der Waals surface area contributed by atoms with Crippen molar-refractivity contribution in [2.45, 2.75) is 64.5 Å². The quantitative estimate of drug-likeness (QED) is 0.808. The van der Waals surface area contributed by atoms with Gasteiger partial charge in [0.2, 0.25) is 0 Å². The Hall–Kier alpha value is -1.71. The number of rotatable bonds is 5. The largest absolute Gasteiger partial charge is 0.333 e. The van der Waals surface area contributed by atoms with Gasteiger partial charge in [-0.2, -0.15) is 0 Å². The molecule has 0 radical (unpaired) electrons. The molecule has 0 saturated heterocycles. The zero-order chi connectivity index (χ0) is 16.1. The molecule has 0 aromatic heterocycles. The second kappa shape index (κ2) is 7.52. The third kappa shape index (κ3) is 3.54. The van der Waals surface area contributed by atoms with Crippen LogP contribution in [-0.2, 0) is 0 Å². The van der Waals surface area contributed by atoms with Crippen molar-refractivity contribution in [1.82, 2.24) is 4.90 Å². The van der Waals surface area contributed by atoms with Crippen LogP contribution in [0.15, 0.2) is 18.2 Å². The first-order valence-corrected chi connectivity index (χ1v) is 8.13. The van der Waals surface area contributed by atoms with Crippen LogP contribution in [0.25, 0.3) is 0 Å². The average molecular weight is 304 g/mol. The Labute approximate surface area is 132 Å². The summed E-state index contributed by atoms with van der Waals surface area (Å²) in [5.74, 6) is -0.438. The lowest BCUT2D eigenvalue weighted by atomic mass is 9.92. The standard InChI is InChI=1S/C18H25FN2O/c1-13(11-12-20)21(15-7-4-3-5-8-15)18(22)16-9-6-10-17(19)14(16)2/h6,9-10,12-13,15,20H,3-5,7-8,11H2,1-2H3/t13-/m0/s1. The van der Waals surface area contributed by atoms with Crippen molar-refractivity contribution in [2.75, 3.05) is 0 Å². The molecule has 0 heterocycles. The van der Waals surface area contributed by atoms with Gasteiger partial charge in [0.25, 0.3) is 5.91 Å². The lowest BCUT2D eigenvalue weighted by Crippen LogP contribution is -2.47. The van der Waals surface area contributed by atoms with Gasteiger partial charge in [0.1, 0.15) is 5.82 Å². The van der Waals surface area contributed by atoms with E-state index in [2.05, 4.69) is 0 Å². The number of carbonyl (C=O) groups is 1. The Morgan fingerprint density at radius 3 is 2.73 bits per heavy atom. The van der Waals surface area contributed by atoms with E-state index < -0.39 is 0 Å². The summed E-state index contributed by atoms with van der Waals surface area (Å²) in [7, 11) is 0. The van der Waals surface area contributed by atoms with E-state index in [0.29, 0.717) is 17.5 Å². The first kappa shape index (κ1) is 16.7. The summed E-state index contributed by atoms with van der Waals surface area (Å²) < 4.78 is 13.8. The number of halogens is 1. The predicted octanol–water partition coefficient (Wildman–Crippen LogP) is 4.34. The van der Waals surface area contributed by atoms with Gasteiger partial charge in [-0.25, -0.2) is 4.39 Å². The van der Waals surface area contributed by atoms with Crippen molar-refractivity contribution in [3.63, 3.8) is 0 Å². The zero-order valence-corrected chi connectivity index (χ0v) is 13.4. The molecule has 1 amide bonds. The van der Waals surface area contributed by atoms with E-state index in [9.17, 15) is 9.18 Å². The molecule has 0 unspecified atom stereocenters. The molecule has 120 valence electrons. The summed E-state index contributed by atoms with van der Waals surface area (Å²) in [4.78, 5) is 14.9. The van der Waals surface area contributed by atoms with Crippen molar-refractivity contribution < 1.29 is 9.18 Å². The van der Waals surface area contributed by atoms with Crippen LogP contribution < -0.4 is 0 Å². The Balaban J connectivity index is 2.32. The van der Waals surface area contributed by atoms with E-state index in [1.54, 1.807) is 19.1 Å². The van der Waals surface area contributed by atoms with Gasteiger partial charge in [-0.1, -0.05) is 25.3 Å². The van der Waals surface area contributed by atoms with Crippen molar-refractivity contribution in [2.24, 2.45) is 0 Å². The van der Waals surface area contributed by atoms with Gasteiger partial charge in [0, 0.05) is 24.1 Å². The minimum atomic E-state index is -0.339. The third-order valence-electron chi connectivity index (χ3n) is 4.63. The van der Waals surface area contributed by atoms with Gasteiger partial charge in [0.15, 0.2) is 0 Å². The van der Waals surface area contributed by atoms with Gasteiger partial charge in [-0.15, -0.1) is 0 Å². The van der Waals surface area contributed by atoms with E-state index in [4.69, 9.17) is 5.41 Å². The maximum atomic E-state index is 13.8. The maximum Gasteiger partial charge on any atom is 0.254 e. The van der Waals surface area contributed by atoms with E-state index in [-0.39, 0.29) is 23.8 Å². The van der Waals surface area contributed by atoms with Crippen LogP contribution in [0.5, 0.6) is 0 Å². The van der Waals surface area contributed by atoms with Gasteiger partial charge in [-0.3, -0.25) is 4.79 Å². The van der Waals surface area contributed by atoms with Gasteiger partial charge in [-0.05, 0) is 50.6 Å². The number of nitrogens with one attached hydrogen (secondary N) is 1. The Morgan fingerprint density at radius 1 is 1.41 bits per heavy atom. The molecule has 0 aliphatic heterocycles. The summed E-state index contributed by atoms with van der Waals surface area (Å²) in [6, 6.07) is 4.86. The van der Waals surface area contributed by atoms with Crippen molar-refractivity contribution in [1.29, 1.82) is 5.41 Å². The number of hydrogen-bond donors (Lipinski definition) is 1. The molecule has 1 aromatic rings. The molecule has 2 rings (SSSR count). The summed E-state index contributed by atoms with van der Waals surface area (Å²) in [5, 5.41) is 7.34. The van der Waals surface area contributed by atoms with E-state index in [1.807, 2.05) is 11.8 Å². The summed E-state index contributed by atoms with van der Waals surface area (Å²) in [5.41, 5.74) is 0.859. The van der Waals surface area contributed by atoms with Gasteiger partial charge < -0.3 is 10.3 Å². The second-order valence-electron chi connectivity index (χ2n) is 6.21. The zero-order valence-electron chi connectivity index (χ0n) is 13.4. The van der Waals surface area contributed by atoms with Crippen LogP contribution in [0.1, 0.15) is 61.4 Å². The summed E-state index contributed by atoms with van der Waals surface area (Å²) in [6.45, 7) is 3.63. The fourth-order valence-electron chi connectivity index (χ4n) is 3.35. The lowest BCUT2D eigenvalue weighted by Gasteiger charge is -2.38. The highest BCUT2D eigenvalue weighted by atomic mass is 19.1. The molecule has 3 nitrogen and oxygen atoms in total. The van der Waals surface area contributed by atoms with Gasteiger partial charge >= 0.3 is 0 Å². The van der Waals surface area contributed by atoms with Crippen LogP contribution in [0.4, 0.5) is 4.39 Å². The highest BCUT2D eigenvalue weighted by Crippen LogP contribution is 2.27. The van der Waals surface area contributed by atoms with Crippen LogP contribution in [0, 0.1) is 18.2 Å². The molecule has 1 N–H and O–H groups in total. The molecule has 0 spiro atoms. The number of amides is 1. The summed E-state index contributed by atoms with van der Waals surface area (Å²) >= 11 is 0. The van der Waals surface area contributed by atoms with Crippen LogP contribution in [0.3, 0.4) is 0 Å². The minimum Gasteiger partial charge on any atom is -0.333 e. The monoisotopic (exact) mass is 304 g/mol. The molecule has 1 aliphatic rings. The Kier molecular flexibility index (Phi) is 5.69. The normalized spacial score (nSPS) is 17.0. The number of benzene rings is 1. The second-order valence-corrected chi connectivity index (χ2v) is 6.21. The molecule has 22 heavy (non-hydrogen) atoms. The first-order chi connectivity index (χ1) is 10.6. The Morgan fingerprint density at radius 2 is 2.09 bits per heavy atom. The number of carbonyl (C=O) groups excluding carboxylic acids is 1. The molecule has 1 atom stereocenters. The smallest absolute Gasteiger partial charge is 0.254 e. The molecular weight excluding hydrogens is 279 g/mol. The van der Waals surface area contributed by atoms with Crippen molar-refractivity contribution in [3.8, 4) is 0 Å². The average Bonchev–Trinajstić information content (AvgIpc) is 2.51. The maximum absolute atomic E-state index is 13.8. The third-order valence-corrected chi connectivity index (χ3v) is 4.63. The fourth-order valence-corrected chi connectivity index (χ4v) is 3.35. The number of hydrogen-bond acceptors (Lipinski definition) is 2. The lowest BCUT2D eigenvalue weighted by molar-refractivity contribution is 0.0541. The van der Waals surface area contributed by atoms with Crippen LogP contribution >= 0.6 is 0 Å². The van der Waals surface area contributed by atoms with E-state index in [1.165, 1.54) is 18.7 Å². The van der Waals surface area contributed by atoms with Crippen molar-refractivity contribution >= 4 is 12.1 Å². The topological polar surface area (TPSA) is 44.2 Å². The highest BCUT2D eigenvalue weighted by Gasteiger charge is 2.30. The first-order valence-electron chi connectivity index (χ1n) is 8.13. The molecule has 1 fully saturated rings. The van der Waals surface area contributed by atoms with Crippen LogP contribution in [0.2, 0.25) is 0 Å².